The van der Waals surface area contributed by atoms with Gasteiger partial charge < -0.3 is 4.74 Å². The largest absolute Gasteiger partial charge is 0.381 e. The number of hydrogen-bond acceptors (Lipinski definition) is 4. The SMILES string of the molecule is NNC(CCc1cccnc1)CC1CCOCC1. The van der Waals surface area contributed by atoms with Crippen molar-refractivity contribution in [3.63, 3.8) is 0 Å². The molecule has 2 heterocycles. The Bertz CT molecular complexity index is 325. The molecule has 0 amide bonds. The van der Waals surface area contributed by atoms with Crippen LogP contribution in [-0.4, -0.2) is 24.2 Å². The summed E-state index contributed by atoms with van der Waals surface area (Å²) in [5.74, 6) is 6.42. The molecule has 2 rings (SSSR count). The van der Waals surface area contributed by atoms with Gasteiger partial charge in [0.05, 0.1) is 0 Å². The van der Waals surface area contributed by atoms with E-state index in [4.69, 9.17) is 10.6 Å². The van der Waals surface area contributed by atoms with Gasteiger partial charge in [0.15, 0.2) is 0 Å². The second-order valence-electron chi connectivity index (χ2n) is 5.05. The molecular formula is C14H23N3O. The van der Waals surface area contributed by atoms with Crippen LogP contribution in [0.15, 0.2) is 24.5 Å². The van der Waals surface area contributed by atoms with Gasteiger partial charge in [-0.05, 0) is 49.7 Å². The topological polar surface area (TPSA) is 60.2 Å². The summed E-state index contributed by atoms with van der Waals surface area (Å²) in [6, 6.07) is 4.50. The van der Waals surface area contributed by atoms with Gasteiger partial charge in [-0.3, -0.25) is 16.3 Å². The molecule has 0 spiro atoms. The maximum absolute atomic E-state index is 5.66. The number of hydrogen-bond donors (Lipinski definition) is 2. The fourth-order valence-electron chi connectivity index (χ4n) is 2.54. The maximum atomic E-state index is 5.66. The molecule has 0 aliphatic carbocycles. The molecule has 1 aliphatic heterocycles. The average Bonchev–Trinajstić information content (AvgIpc) is 2.45. The number of ether oxygens (including phenoxy) is 1. The van der Waals surface area contributed by atoms with Crippen molar-refractivity contribution in [1.29, 1.82) is 0 Å². The smallest absolute Gasteiger partial charge is 0.0468 e. The minimum Gasteiger partial charge on any atom is -0.381 e. The number of aromatic nitrogens is 1. The van der Waals surface area contributed by atoms with Crippen LogP contribution in [-0.2, 0) is 11.2 Å². The first-order chi connectivity index (χ1) is 8.88. The van der Waals surface area contributed by atoms with Crippen molar-refractivity contribution in [2.45, 2.75) is 38.1 Å². The van der Waals surface area contributed by atoms with E-state index in [0.29, 0.717) is 6.04 Å². The Kier molecular flexibility index (Phi) is 5.58. The molecule has 18 heavy (non-hydrogen) atoms. The van der Waals surface area contributed by atoms with Crippen LogP contribution in [0.25, 0.3) is 0 Å². The number of nitrogens with zero attached hydrogens (tertiary/aromatic N) is 1. The lowest BCUT2D eigenvalue weighted by Gasteiger charge is -2.26. The standard InChI is InChI=1S/C14H23N3O/c15-17-14(10-12-5-8-18-9-6-12)4-3-13-2-1-7-16-11-13/h1-2,7,11-12,14,17H,3-6,8-10,15H2. The third kappa shape index (κ3) is 4.37. The van der Waals surface area contributed by atoms with E-state index in [2.05, 4.69) is 16.5 Å². The molecule has 100 valence electrons. The molecule has 0 saturated carbocycles. The van der Waals surface area contributed by atoms with Gasteiger partial charge >= 0.3 is 0 Å². The minimum absolute atomic E-state index is 0.397. The van der Waals surface area contributed by atoms with E-state index in [1.807, 2.05) is 18.5 Å². The van der Waals surface area contributed by atoms with Gasteiger partial charge in [0.1, 0.15) is 0 Å². The van der Waals surface area contributed by atoms with E-state index in [9.17, 15) is 0 Å². The van der Waals surface area contributed by atoms with E-state index in [1.54, 1.807) is 0 Å². The van der Waals surface area contributed by atoms with E-state index in [-0.39, 0.29) is 0 Å². The van der Waals surface area contributed by atoms with Gasteiger partial charge in [0, 0.05) is 31.6 Å². The molecule has 1 aromatic rings. The number of nitrogens with two attached hydrogens (primary N) is 1. The highest BCUT2D eigenvalue weighted by Gasteiger charge is 2.18. The highest BCUT2D eigenvalue weighted by Crippen LogP contribution is 2.21. The first kappa shape index (κ1) is 13.5. The Morgan fingerprint density at radius 2 is 2.28 bits per heavy atom. The van der Waals surface area contributed by atoms with Crippen LogP contribution >= 0.6 is 0 Å². The Hall–Kier alpha value is -0.970. The monoisotopic (exact) mass is 249 g/mol. The van der Waals surface area contributed by atoms with Crippen LogP contribution in [0.1, 0.15) is 31.2 Å². The van der Waals surface area contributed by atoms with Crippen molar-refractivity contribution < 1.29 is 4.74 Å². The summed E-state index contributed by atoms with van der Waals surface area (Å²) < 4.78 is 5.38. The van der Waals surface area contributed by atoms with E-state index >= 15 is 0 Å². The summed E-state index contributed by atoms with van der Waals surface area (Å²) in [5, 5.41) is 0. The quantitative estimate of drug-likeness (QED) is 0.594. The van der Waals surface area contributed by atoms with Gasteiger partial charge in [-0.25, -0.2) is 0 Å². The lowest BCUT2D eigenvalue weighted by atomic mass is 9.90. The van der Waals surface area contributed by atoms with Crippen molar-refractivity contribution in [3.05, 3.63) is 30.1 Å². The zero-order valence-electron chi connectivity index (χ0n) is 10.8. The summed E-state index contributed by atoms with van der Waals surface area (Å²) in [5.41, 5.74) is 4.24. The Morgan fingerprint density at radius 3 is 2.94 bits per heavy atom. The molecule has 1 unspecified atom stereocenters. The van der Waals surface area contributed by atoms with Crippen LogP contribution in [0.2, 0.25) is 0 Å². The molecule has 0 radical (unpaired) electrons. The number of rotatable bonds is 6. The predicted molar refractivity (Wildman–Crippen MR) is 71.8 cm³/mol. The zero-order valence-corrected chi connectivity index (χ0v) is 10.8. The number of hydrazine groups is 1. The van der Waals surface area contributed by atoms with E-state index < -0.39 is 0 Å². The van der Waals surface area contributed by atoms with Crippen molar-refractivity contribution >= 4 is 0 Å². The Labute approximate surface area is 109 Å². The molecule has 1 atom stereocenters. The van der Waals surface area contributed by atoms with E-state index in [1.165, 1.54) is 18.4 Å². The number of pyridine rings is 1. The summed E-state index contributed by atoms with van der Waals surface area (Å²) in [6.45, 7) is 1.81. The van der Waals surface area contributed by atoms with Crippen LogP contribution in [0.3, 0.4) is 0 Å². The van der Waals surface area contributed by atoms with Gasteiger partial charge in [-0.2, -0.15) is 0 Å². The highest BCUT2D eigenvalue weighted by atomic mass is 16.5. The van der Waals surface area contributed by atoms with Gasteiger partial charge in [0.2, 0.25) is 0 Å². The summed E-state index contributed by atoms with van der Waals surface area (Å²) in [4.78, 5) is 4.14. The third-order valence-corrected chi connectivity index (χ3v) is 3.70. The second kappa shape index (κ2) is 7.46. The highest BCUT2D eigenvalue weighted by molar-refractivity contribution is 5.08. The normalized spacial score (nSPS) is 18.7. The van der Waals surface area contributed by atoms with Crippen molar-refractivity contribution in [1.82, 2.24) is 10.4 Å². The van der Waals surface area contributed by atoms with Crippen LogP contribution in [0.5, 0.6) is 0 Å². The molecular weight excluding hydrogens is 226 g/mol. The summed E-state index contributed by atoms with van der Waals surface area (Å²) >= 11 is 0. The second-order valence-corrected chi connectivity index (χ2v) is 5.05. The molecule has 4 nitrogen and oxygen atoms in total. The number of nitrogens with one attached hydrogen (secondary N) is 1. The Balaban J connectivity index is 1.74. The molecule has 1 aromatic heterocycles. The molecule has 1 saturated heterocycles. The predicted octanol–water partition coefficient (Wildman–Crippen LogP) is 1.66. The van der Waals surface area contributed by atoms with E-state index in [0.717, 1.165) is 38.4 Å². The van der Waals surface area contributed by atoms with Gasteiger partial charge in [-0.1, -0.05) is 6.07 Å². The maximum Gasteiger partial charge on any atom is 0.0468 e. The van der Waals surface area contributed by atoms with Crippen molar-refractivity contribution in [2.24, 2.45) is 11.8 Å². The number of aryl methyl sites for hydroxylation is 1. The minimum atomic E-state index is 0.397. The van der Waals surface area contributed by atoms with Crippen LogP contribution in [0, 0.1) is 5.92 Å². The van der Waals surface area contributed by atoms with Crippen LogP contribution < -0.4 is 11.3 Å². The fraction of sp³-hybridized carbons (Fsp3) is 0.643. The summed E-state index contributed by atoms with van der Waals surface area (Å²) in [7, 11) is 0. The Morgan fingerprint density at radius 1 is 1.44 bits per heavy atom. The first-order valence-corrected chi connectivity index (χ1v) is 6.81. The van der Waals surface area contributed by atoms with Crippen molar-refractivity contribution in [3.8, 4) is 0 Å². The lowest BCUT2D eigenvalue weighted by molar-refractivity contribution is 0.0602. The summed E-state index contributed by atoms with van der Waals surface area (Å²) in [6.07, 6.45) is 9.34. The third-order valence-electron chi connectivity index (χ3n) is 3.70. The van der Waals surface area contributed by atoms with Crippen LogP contribution in [0.4, 0.5) is 0 Å². The fourth-order valence-corrected chi connectivity index (χ4v) is 2.54. The first-order valence-electron chi connectivity index (χ1n) is 6.81. The average molecular weight is 249 g/mol. The zero-order chi connectivity index (χ0) is 12.6. The molecule has 1 aliphatic rings. The van der Waals surface area contributed by atoms with Crippen molar-refractivity contribution in [2.75, 3.05) is 13.2 Å². The van der Waals surface area contributed by atoms with Gasteiger partial charge in [-0.15, -0.1) is 0 Å². The molecule has 3 N–H and O–H groups in total. The molecule has 0 aromatic carbocycles. The lowest BCUT2D eigenvalue weighted by Crippen LogP contribution is -2.37. The molecule has 0 bridgehead atoms. The molecule has 4 heteroatoms. The van der Waals surface area contributed by atoms with Gasteiger partial charge in [0.25, 0.3) is 0 Å². The molecule has 1 fully saturated rings.